The molecule has 0 fully saturated rings. The zero-order valence-electron chi connectivity index (χ0n) is 16.9. The molecule has 1 aromatic heterocycles. The van der Waals surface area contributed by atoms with Gasteiger partial charge in [-0.3, -0.25) is 4.79 Å². The monoisotopic (exact) mass is 392 g/mol. The molecule has 0 spiro atoms. The van der Waals surface area contributed by atoms with Crippen molar-refractivity contribution >= 4 is 17.5 Å². The van der Waals surface area contributed by atoms with Crippen LogP contribution in [0.3, 0.4) is 0 Å². The topological polar surface area (TPSA) is 85.4 Å². The van der Waals surface area contributed by atoms with Gasteiger partial charge in [-0.05, 0) is 43.2 Å². The Morgan fingerprint density at radius 1 is 1.00 bits per heavy atom. The fourth-order valence-electron chi connectivity index (χ4n) is 2.85. The van der Waals surface area contributed by atoms with Crippen molar-refractivity contribution in [2.75, 3.05) is 19.5 Å². The van der Waals surface area contributed by atoms with Gasteiger partial charge in [-0.1, -0.05) is 24.3 Å². The molecule has 29 heavy (non-hydrogen) atoms. The smallest absolute Gasteiger partial charge is 0.270 e. The zero-order chi connectivity index (χ0) is 20.8. The van der Waals surface area contributed by atoms with E-state index in [1.54, 1.807) is 38.5 Å². The number of nitrogens with zero attached hydrogens (tertiary/aromatic N) is 2. The number of aryl methyl sites for hydroxylation is 2. The molecule has 1 amide bonds. The minimum Gasteiger partial charge on any atom is -0.497 e. The van der Waals surface area contributed by atoms with Crippen LogP contribution in [0.25, 0.3) is 0 Å². The number of nitrogens with one attached hydrogen (secondary N) is 2. The Kier molecular flexibility index (Phi) is 6.29. The number of amides is 1. The van der Waals surface area contributed by atoms with Gasteiger partial charge in [-0.2, -0.15) is 0 Å². The van der Waals surface area contributed by atoms with Crippen LogP contribution in [-0.2, 0) is 6.54 Å². The Morgan fingerprint density at radius 3 is 2.52 bits per heavy atom. The Labute approximate surface area is 170 Å². The summed E-state index contributed by atoms with van der Waals surface area (Å²) in [5.41, 5.74) is 3.79. The van der Waals surface area contributed by atoms with E-state index in [0.717, 1.165) is 11.1 Å². The number of anilines is 2. The van der Waals surface area contributed by atoms with Crippen LogP contribution in [-0.4, -0.2) is 30.1 Å². The van der Waals surface area contributed by atoms with E-state index in [4.69, 9.17) is 9.47 Å². The Hall–Kier alpha value is -3.61. The average Bonchev–Trinajstić information content (AvgIpc) is 2.72. The summed E-state index contributed by atoms with van der Waals surface area (Å²) in [5, 5.41) is 6.02. The highest BCUT2D eigenvalue weighted by Crippen LogP contribution is 2.30. The maximum atomic E-state index is 12.6. The lowest BCUT2D eigenvalue weighted by Gasteiger charge is -2.13. The second kappa shape index (κ2) is 9.05. The fourth-order valence-corrected chi connectivity index (χ4v) is 2.85. The van der Waals surface area contributed by atoms with Crippen molar-refractivity contribution in [2.45, 2.75) is 20.4 Å². The summed E-state index contributed by atoms with van der Waals surface area (Å²) in [6.45, 7) is 4.26. The second-order valence-corrected chi connectivity index (χ2v) is 6.52. The second-order valence-electron chi connectivity index (χ2n) is 6.52. The number of carbonyl (C=O) groups is 1. The van der Waals surface area contributed by atoms with Gasteiger partial charge in [0.25, 0.3) is 5.91 Å². The molecule has 0 atom stereocenters. The minimum atomic E-state index is -0.264. The predicted molar refractivity (Wildman–Crippen MR) is 112 cm³/mol. The van der Waals surface area contributed by atoms with Crippen LogP contribution in [0.4, 0.5) is 11.6 Å². The van der Waals surface area contributed by atoms with Crippen molar-refractivity contribution in [3.63, 3.8) is 0 Å². The highest BCUT2D eigenvalue weighted by Gasteiger charge is 2.13. The number of methoxy groups -OCH3 is 2. The quantitative estimate of drug-likeness (QED) is 0.636. The highest BCUT2D eigenvalue weighted by atomic mass is 16.5. The van der Waals surface area contributed by atoms with E-state index in [1.807, 2.05) is 38.1 Å². The van der Waals surface area contributed by atoms with Crippen LogP contribution in [0.5, 0.6) is 11.5 Å². The summed E-state index contributed by atoms with van der Waals surface area (Å²) in [4.78, 5) is 21.4. The Balaban J connectivity index is 1.79. The van der Waals surface area contributed by atoms with Crippen molar-refractivity contribution in [3.8, 4) is 11.5 Å². The summed E-state index contributed by atoms with van der Waals surface area (Å²) in [5.74, 6) is 1.32. The molecule has 0 saturated carbocycles. The lowest BCUT2D eigenvalue weighted by molar-refractivity contribution is 0.0945. The molecule has 2 aromatic carbocycles. The lowest BCUT2D eigenvalue weighted by atomic mass is 10.1. The molecule has 0 unspecified atom stereocenters. The molecule has 0 aliphatic rings. The Bertz CT molecular complexity index is 1020. The van der Waals surface area contributed by atoms with Gasteiger partial charge in [0.15, 0.2) is 0 Å². The van der Waals surface area contributed by atoms with Crippen molar-refractivity contribution in [2.24, 2.45) is 0 Å². The normalized spacial score (nSPS) is 10.3. The summed E-state index contributed by atoms with van der Waals surface area (Å²) >= 11 is 0. The SMILES string of the molecule is COc1ccc(OC)c(Nc2nc(C)cc(C(=O)NCc3ccccc3C)n2)c1. The maximum Gasteiger partial charge on any atom is 0.270 e. The number of ether oxygens (including phenoxy) is 2. The zero-order valence-corrected chi connectivity index (χ0v) is 16.9. The van der Waals surface area contributed by atoms with Gasteiger partial charge in [0, 0.05) is 18.3 Å². The third kappa shape index (κ3) is 5.01. The van der Waals surface area contributed by atoms with Crippen LogP contribution in [0.15, 0.2) is 48.5 Å². The molecule has 150 valence electrons. The molecule has 7 nitrogen and oxygen atoms in total. The lowest BCUT2D eigenvalue weighted by Crippen LogP contribution is -2.24. The first-order valence-electron chi connectivity index (χ1n) is 9.17. The van der Waals surface area contributed by atoms with Crippen molar-refractivity contribution in [1.82, 2.24) is 15.3 Å². The van der Waals surface area contributed by atoms with Gasteiger partial charge in [0.05, 0.1) is 19.9 Å². The van der Waals surface area contributed by atoms with Gasteiger partial charge in [-0.25, -0.2) is 9.97 Å². The highest BCUT2D eigenvalue weighted by molar-refractivity contribution is 5.92. The number of aromatic nitrogens is 2. The summed E-state index contributed by atoms with van der Waals surface area (Å²) in [6, 6.07) is 14.9. The van der Waals surface area contributed by atoms with Crippen LogP contribution in [0.2, 0.25) is 0 Å². The summed E-state index contributed by atoms with van der Waals surface area (Å²) < 4.78 is 10.6. The first-order chi connectivity index (χ1) is 14.0. The maximum absolute atomic E-state index is 12.6. The molecule has 7 heteroatoms. The molecule has 0 radical (unpaired) electrons. The van der Waals surface area contributed by atoms with E-state index >= 15 is 0 Å². The van der Waals surface area contributed by atoms with E-state index in [1.165, 1.54) is 0 Å². The first kappa shape index (κ1) is 20.1. The number of hydrogen-bond donors (Lipinski definition) is 2. The van der Waals surface area contributed by atoms with Crippen LogP contribution >= 0.6 is 0 Å². The summed E-state index contributed by atoms with van der Waals surface area (Å²) in [7, 11) is 3.17. The van der Waals surface area contributed by atoms with Gasteiger partial charge in [0.2, 0.25) is 5.95 Å². The summed E-state index contributed by atoms with van der Waals surface area (Å²) in [6.07, 6.45) is 0. The van der Waals surface area contributed by atoms with Gasteiger partial charge >= 0.3 is 0 Å². The standard InChI is InChI=1S/C22H24N4O3/c1-14-7-5-6-8-16(14)13-23-21(27)19-11-15(2)24-22(26-19)25-18-12-17(28-3)9-10-20(18)29-4/h5-12H,13H2,1-4H3,(H,23,27)(H,24,25,26). The van der Waals surface area contributed by atoms with Gasteiger partial charge < -0.3 is 20.1 Å². The Morgan fingerprint density at radius 2 is 1.79 bits per heavy atom. The minimum absolute atomic E-state index is 0.264. The molecule has 0 aliphatic heterocycles. The van der Waals surface area contributed by atoms with Crippen molar-refractivity contribution in [1.29, 1.82) is 0 Å². The van der Waals surface area contributed by atoms with E-state index < -0.39 is 0 Å². The molecular formula is C22H24N4O3. The average molecular weight is 392 g/mol. The molecule has 1 heterocycles. The largest absolute Gasteiger partial charge is 0.497 e. The number of rotatable bonds is 7. The number of benzene rings is 2. The molecule has 3 rings (SSSR count). The molecule has 2 N–H and O–H groups in total. The van der Waals surface area contributed by atoms with Crippen molar-refractivity contribution < 1.29 is 14.3 Å². The third-order valence-electron chi connectivity index (χ3n) is 4.44. The number of carbonyl (C=O) groups excluding carboxylic acids is 1. The molecular weight excluding hydrogens is 368 g/mol. The van der Waals surface area contributed by atoms with Gasteiger partial charge in [-0.15, -0.1) is 0 Å². The predicted octanol–water partition coefficient (Wildman–Crippen LogP) is 3.78. The van der Waals surface area contributed by atoms with Crippen LogP contribution < -0.4 is 20.1 Å². The van der Waals surface area contributed by atoms with Crippen molar-refractivity contribution in [3.05, 3.63) is 71.0 Å². The van der Waals surface area contributed by atoms with E-state index in [-0.39, 0.29) is 11.6 Å². The molecule has 0 bridgehead atoms. The fraction of sp³-hybridized carbons (Fsp3) is 0.227. The first-order valence-corrected chi connectivity index (χ1v) is 9.17. The van der Waals surface area contributed by atoms with E-state index in [9.17, 15) is 4.79 Å². The molecule has 3 aromatic rings. The molecule has 0 saturated heterocycles. The van der Waals surface area contributed by atoms with Gasteiger partial charge in [0.1, 0.15) is 17.2 Å². The number of hydrogen-bond acceptors (Lipinski definition) is 6. The molecule has 0 aliphatic carbocycles. The van der Waals surface area contributed by atoms with E-state index in [2.05, 4.69) is 20.6 Å². The van der Waals surface area contributed by atoms with E-state index in [0.29, 0.717) is 35.4 Å². The third-order valence-corrected chi connectivity index (χ3v) is 4.44. The van der Waals surface area contributed by atoms with Crippen LogP contribution in [0.1, 0.15) is 27.3 Å². The van der Waals surface area contributed by atoms with Crippen LogP contribution in [0, 0.1) is 13.8 Å².